The molecule has 0 aliphatic carbocycles. The zero-order chi connectivity index (χ0) is 14.1. The number of carbonyl (C=O) groups is 1. The van der Waals surface area contributed by atoms with Crippen molar-refractivity contribution in [3.63, 3.8) is 0 Å². The molecule has 0 atom stereocenters. The minimum absolute atomic E-state index is 0.0168. The summed E-state index contributed by atoms with van der Waals surface area (Å²) in [6, 6.07) is 4.86. The molecule has 0 aromatic heterocycles. The van der Waals surface area contributed by atoms with Crippen molar-refractivity contribution in [1.29, 1.82) is 0 Å². The standard InChI is InChI=1S/C14H21FN2O2/c1-2-19-13-6-5-11(10-12(13)15)7-9-17-14(18)4-3-8-16/h5-6,10H,2-4,7-9,16H2,1H3,(H,17,18). The molecule has 0 aliphatic rings. The highest BCUT2D eigenvalue weighted by Gasteiger charge is 2.05. The van der Waals surface area contributed by atoms with Crippen LogP contribution in [0, 0.1) is 5.82 Å². The Morgan fingerprint density at radius 3 is 2.89 bits per heavy atom. The Morgan fingerprint density at radius 2 is 2.26 bits per heavy atom. The van der Waals surface area contributed by atoms with Crippen molar-refractivity contribution in [2.75, 3.05) is 19.7 Å². The Hall–Kier alpha value is -1.62. The van der Waals surface area contributed by atoms with Crippen molar-refractivity contribution in [2.45, 2.75) is 26.2 Å². The molecule has 0 radical (unpaired) electrons. The van der Waals surface area contributed by atoms with Crippen LogP contribution in [0.15, 0.2) is 18.2 Å². The average molecular weight is 268 g/mol. The van der Waals surface area contributed by atoms with Gasteiger partial charge in [0.15, 0.2) is 11.6 Å². The molecule has 3 N–H and O–H groups in total. The number of amides is 1. The maximum Gasteiger partial charge on any atom is 0.220 e. The number of rotatable bonds is 8. The number of benzene rings is 1. The van der Waals surface area contributed by atoms with E-state index in [2.05, 4.69) is 5.32 Å². The molecule has 0 aliphatic heterocycles. The molecule has 19 heavy (non-hydrogen) atoms. The molecule has 5 heteroatoms. The van der Waals surface area contributed by atoms with Gasteiger partial charge in [0.2, 0.25) is 5.91 Å². The lowest BCUT2D eigenvalue weighted by Crippen LogP contribution is -2.26. The Morgan fingerprint density at radius 1 is 1.47 bits per heavy atom. The predicted octanol–water partition coefficient (Wildman–Crippen LogP) is 1.62. The monoisotopic (exact) mass is 268 g/mol. The molecular weight excluding hydrogens is 247 g/mol. The Bertz CT molecular complexity index is 410. The van der Waals surface area contributed by atoms with Crippen LogP contribution in [-0.4, -0.2) is 25.6 Å². The van der Waals surface area contributed by atoms with Crippen LogP contribution in [0.1, 0.15) is 25.3 Å². The highest BCUT2D eigenvalue weighted by atomic mass is 19.1. The summed E-state index contributed by atoms with van der Waals surface area (Å²) in [6.45, 7) is 3.26. The number of nitrogens with two attached hydrogens (primary N) is 1. The quantitative estimate of drug-likeness (QED) is 0.753. The van der Waals surface area contributed by atoms with Gasteiger partial charge >= 0.3 is 0 Å². The molecule has 4 nitrogen and oxygen atoms in total. The first-order chi connectivity index (χ1) is 9.17. The van der Waals surface area contributed by atoms with Crippen molar-refractivity contribution < 1.29 is 13.9 Å². The fourth-order valence-electron chi connectivity index (χ4n) is 1.67. The third kappa shape index (κ3) is 5.70. The second kappa shape index (κ2) is 8.48. The topological polar surface area (TPSA) is 64.3 Å². The maximum atomic E-state index is 13.6. The first-order valence-corrected chi connectivity index (χ1v) is 6.55. The van der Waals surface area contributed by atoms with Gasteiger partial charge in [-0.1, -0.05) is 6.07 Å². The van der Waals surface area contributed by atoms with E-state index in [-0.39, 0.29) is 17.5 Å². The van der Waals surface area contributed by atoms with Gasteiger partial charge in [0, 0.05) is 13.0 Å². The third-order valence-corrected chi connectivity index (χ3v) is 2.64. The molecule has 1 rings (SSSR count). The number of hydrogen-bond donors (Lipinski definition) is 2. The number of hydrogen-bond acceptors (Lipinski definition) is 3. The van der Waals surface area contributed by atoms with E-state index in [4.69, 9.17) is 10.5 Å². The molecule has 1 aromatic carbocycles. The van der Waals surface area contributed by atoms with Crippen LogP contribution >= 0.6 is 0 Å². The van der Waals surface area contributed by atoms with Gasteiger partial charge in [-0.3, -0.25) is 4.79 Å². The smallest absolute Gasteiger partial charge is 0.220 e. The molecule has 0 saturated heterocycles. The summed E-state index contributed by atoms with van der Waals surface area (Å²) in [6.07, 6.45) is 1.72. The Labute approximate surface area is 113 Å². The Balaban J connectivity index is 2.37. The summed E-state index contributed by atoms with van der Waals surface area (Å²) in [5, 5.41) is 2.78. The van der Waals surface area contributed by atoms with Gasteiger partial charge in [-0.25, -0.2) is 4.39 Å². The minimum Gasteiger partial charge on any atom is -0.491 e. The number of nitrogens with one attached hydrogen (secondary N) is 1. The van der Waals surface area contributed by atoms with E-state index in [0.29, 0.717) is 39.0 Å². The molecule has 1 aromatic rings. The van der Waals surface area contributed by atoms with Crippen LogP contribution in [0.25, 0.3) is 0 Å². The molecule has 106 valence electrons. The fourth-order valence-corrected chi connectivity index (χ4v) is 1.67. The van der Waals surface area contributed by atoms with E-state index in [9.17, 15) is 9.18 Å². The summed E-state index contributed by atoms with van der Waals surface area (Å²) < 4.78 is 18.7. The first kappa shape index (κ1) is 15.4. The minimum atomic E-state index is -0.367. The molecule has 0 fully saturated rings. The van der Waals surface area contributed by atoms with Crippen molar-refractivity contribution in [1.82, 2.24) is 5.32 Å². The van der Waals surface area contributed by atoms with Gasteiger partial charge in [0.1, 0.15) is 0 Å². The van der Waals surface area contributed by atoms with E-state index < -0.39 is 0 Å². The SMILES string of the molecule is CCOc1ccc(CCNC(=O)CCCN)cc1F. The number of ether oxygens (including phenoxy) is 1. The highest BCUT2D eigenvalue weighted by molar-refractivity contribution is 5.75. The van der Waals surface area contributed by atoms with E-state index in [0.717, 1.165) is 5.56 Å². The second-order valence-corrected chi connectivity index (χ2v) is 4.19. The summed E-state index contributed by atoms with van der Waals surface area (Å²) in [5.41, 5.74) is 6.15. The van der Waals surface area contributed by atoms with E-state index in [1.54, 1.807) is 12.1 Å². The van der Waals surface area contributed by atoms with Crippen molar-refractivity contribution in [3.05, 3.63) is 29.6 Å². The first-order valence-electron chi connectivity index (χ1n) is 6.55. The van der Waals surface area contributed by atoms with E-state index >= 15 is 0 Å². The molecule has 0 heterocycles. The highest BCUT2D eigenvalue weighted by Crippen LogP contribution is 2.18. The van der Waals surface area contributed by atoms with Crippen LogP contribution in [0.4, 0.5) is 4.39 Å². The summed E-state index contributed by atoms with van der Waals surface area (Å²) in [5.74, 6) is -0.121. The van der Waals surface area contributed by atoms with Crippen molar-refractivity contribution >= 4 is 5.91 Å². The van der Waals surface area contributed by atoms with Crippen LogP contribution in [0.3, 0.4) is 0 Å². The largest absolute Gasteiger partial charge is 0.491 e. The van der Waals surface area contributed by atoms with E-state index in [1.807, 2.05) is 6.92 Å². The zero-order valence-electron chi connectivity index (χ0n) is 11.2. The maximum absolute atomic E-state index is 13.6. The van der Waals surface area contributed by atoms with Gasteiger partial charge in [0.25, 0.3) is 0 Å². The zero-order valence-corrected chi connectivity index (χ0v) is 11.2. The van der Waals surface area contributed by atoms with Gasteiger partial charge in [-0.2, -0.15) is 0 Å². The number of halogens is 1. The van der Waals surface area contributed by atoms with Gasteiger partial charge in [-0.05, 0) is 44.0 Å². The molecular formula is C14H21FN2O2. The molecule has 0 bridgehead atoms. The van der Waals surface area contributed by atoms with Gasteiger partial charge < -0.3 is 15.8 Å². The van der Waals surface area contributed by atoms with Crippen molar-refractivity contribution in [3.8, 4) is 5.75 Å². The van der Waals surface area contributed by atoms with Crippen LogP contribution < -0.4 is 15.8 Å². The predicted molar refractivity (Wildman–Crippen MR) is 72.6 cm³/mol. The average Bonchev–Trinajstić information content (AvgIpc) is 2.39. The third-order valence-electron chi connectivity index (χ3n) is 2.64. The van der Waals surface area contributed by atoms with Crippen LogP contribution in [0.2, 0.25) is 0 Å². The van der Waals surface area contributed by atoms with Crippen molar-refractivity contribution in [2.24, 2.45) is 5.73 Å². The molecule has 0 saturated carbocycles. The van der Waals surface area contributed by atoms with Gasteiger partial charge in [-0.15, -0.1) is 0 Å². The lowest BCUT2D eigenvalue weighted by atomic mass is 10.1. The molecule has 1 amide bonds. The molecule has 0 spiro atoms. The van der Waals surface area contributed by atoms with Crippen LogP contribution in [-0.2, 0) is 11.2 Å². The van der Waals surface area contributed by atoms with Crippen LogP contribution in [0.5, 0.6) is 5.75 Å². The number of carbonyl (C=O) groups excluding carboxylic acids is 1. The van der Waals surface area contributed by atoms with E-state index in [1.165, 1.54) is 6.07 Å². The molecule has 0 unspecified atom stereocenters. The second-order valence-electron chi connectivity index (χ2n) is 4.19. The summed E-state index contributed by atoms with van der Waals surface area (Å²) >= 11 is 0. The fraction of sp³-hybridized carbons (Fsp3) is 0.500. The normalized spacial score (nSPS) is 10.3. The lowest BCUT2D eigenvalue weighted by Gasteiger charge is -2.08. The lowest BCUT2D eigenvalue weighted by molar-refractivity contribution is -0.121. The summed E-state index contributed by atoms with van der Waals surface area (Å²) in [7, 11) is 0. The summed E-state index contributed by atoms with van der Waals surface area (Å²) in [4.78, 5) is 11.3. The Kier molecular flexibility index (Phi) is 6.89. The van der Waals surface area contributed by atoms with Gasteiger partial charge in [0.05, 0.1) is 6.61 Å².